The van der Waals surface area contributed by atoms with E-state index in [1.165, 1.54) is 0 Å². The van der Waals surface area contributed by atoms with E-state index in [0.717, 1.165) is 0 Å². The van der Waals surface area contributed by atoms with Gasteiger partial charge in [-0.1, -0.05) is 6.07 Å². The summed E-state index contributed by atoms with van der Waals surface area (Å²) in [5, 5.41) is 7.17. The molecule has 0 saturated carbocycles. The molecule has 0 saturated heterocycles. The number of carbonyl (C=O) groups is 1. The van der Waals surface area contributed by atoms with Crippen LogP contribution in [0.25, 0.3) is 0 Å². The molecule has 23 heavy (non-hydrogen) atoms. The van der Waals surface area contributed by atoms with Crippen LogP contribution in [0.15, 0.2) is 42.7 Å². The zero-order valence-corrected chi connectivity index (χ0v) is 13.8. The Balaban J connectivity index is 1.94. The van der Waals surface area contributed by atoms with Crippen LogP contribution in [0.2, 0.25) is 0 Å². The molecule has 1 aromatic heterocycles. The van der Waals surface area contributed by atoms with Crippen molar-refractivity contribution in [2.45, 2.75) is 19.4 Å². The summed E-state index contributed by atoms with van der Waals surface area (Å²) >= 11 is 0. The Morgan fingerprint density at radius 1 is 1.30 bits per heavy atom. The molecule has 0 radical (unpaired) electrons. The standard InChI is InChI=1S/C17H23N3O3/c1-17(2,20-9-5-8-19-20)13-18-16(21)14-6-4-7-15(12-14)23-11-10-22-3/h4-9,12H,10-11,13H2,1-3H3,(H,18,21). The number of amides is 1. The van der Waals surface area contributed by atoms with Crippen molar-refractivity contribution in [3.63, 3.8) is 0 Å². The second-order valence-electron chi connectivity index (χ2n) is 5.81. The second kappa shape index (κ2) is 7.78. The van der Waals surface area contributed by atoms with Crippen molar-refractivity contribution in [1.82, 2.24) is 15.1 Å². The van der Waals surface area contributed by atoms with E-state index in [4.69, 9.17) is 9.47 Å². The van der Waals surface area contributed by atoms with Gasteiger partial charge in [0.05, 0.1) is 12.1 Å². The van der Waals surface area contributed by atoms with E-state index < -0.39 is 0 Å². The quantitative estimate of drug-likeness (QED) is 0.757. The number of rotatable bonds is 8. The van der Waals surface area contributed by atoms with E-state index in [0.29, 0.717) is 31.1 Å². The van der Waals surface area contributed by atoms with Crippen LogP contribution in [-0.2, 0) is 10.3 Å². The van der Waals surface area contributed by atoms with E-state index in [9.17, 15) is 4.79 Å². The molecule has 0 aliphatic rings. The van der Waals surface area contributed by atoms with E-state index in [1.807, 2.05) is 36.9 Å². The minimum atomic E-state index is -0.300. The lowest BCUT2D eigenvalue weighted by Crippen LogP contribution is -2.41. The van der Waals surface area contributed by atoms with Crippen LogP contribution >= 0.6 is 0 Å². The minimum absolute atomic E-state index is 0.137. The van der Waals surface area contributed by atoms with Gasteiger partial charge in [-0.05, 0) is 38.1 Å². The highest BCUT2D eigenvalue weighted by Crippen LogP contribution is 2.15. The summed E-state index contributed by atoms with van der Waals surface area (Å²) in [5.74, 6) is 0.517. The maximum Gasteiger partial charge on any atom is 0.251 e. The summed E-state index contributed by atoms with van der Waals surface area (Å²) in [4.78, 5) is 12.3. The van der Waals surface area contributed by atoms with Crippen molar-refractivity contribution in [3.8, 4) is 5.75 Å². The molecule has 0 unspecified atom stereocenters. The van der Waals surface area contributed by atoms with E-state index in [1.54, 1.807) is 31.5 Å². The van der Waals surface area contributed by atoms with Gasteiger partial charge in [0, 0.05) is 31.6 Å². The first-order valence-electron chi connectivity index (χ1n) is 7.53. The maximum atomic E-state index is 12.3. The highest BCUT2D eigenvalue weighted by Gasteiger charge is 2.21. The van der Waals surface area contributed by atoms with Gasteiger partial charge >= 0.3 is 0 Å². The SMILES string of the molecule is COCCOc1cccc(C(=O)NCC(C)(C)n2cccn2)c1. The number of methoxy groups -OCH3 is 1. The van der Waals surface area contributed by atoms with Crippen LogP contribution in [0.5, 0.6) is 5.75 Å². The smallest absolute Gasteiger partial charge is 0.251 e. The number of carbonyl (C=O) groups excluding carboxylic acids is 1. The van der Waals surface area contributed by atoms with Crippen LogP contribution in [0.1, 0.15) is 24.2 Å². The van der Waals surface area contributed by atoms with Crippen molar-refractivity contribution in [3.05, 3.63) is 48.3 Å². The lowest BCUT2D eigenvalue weighted by molar-refractivity contribution is 0.0935. The highest BCUT2D eigenvalue weighted by atomic mass is 16.5. The Bertz CT molecular complexity index is 624. The number of nitrogens with zero attached hydrogens (tertiary/aromatic N) is 2. The fraction of sp³-hybridized carbons (Fsp3) is 0.412. The Morgan fingerprint density at radius 2 is 2.13 bits per heavy atom. The fourth-order valence-electron chi connectivity index (χ4n) is 2.08. The summed E-state index contributed by atoms with van der Waals surface area (Å²) < 4.78 is 12.3. The number of hydrogen-bond donors (Lipinski definition) is 1. The molecule has 0 atom stereocenters. The Labute approximate surface area is 136 Å². The van der Waals surface area contributed by atoms with Crippen molar-refractivity contribution >= 4 is 5.91 Å². The van der Waals surface area contributed by atoms with E-state index in [2.05, 4.69) is 10.4 Å². The number of ether oxygens (including phenoxy) is 2. The van der Waals surface area contributed by atoms with Crippen molar-refractivity contribution in [2.24, 2.45) is 0 Å². The molecule has 1 amide bonds. The average Bonchev–Trinajstić information content (AvgIpc) is 3.09. The van der Waals surface area contributed by atoms with Gasteiger partial charge in [0.15, 0.2) is 0 Å². The summed E-state index contributed by atoms with van der Waals surface area (Å²) in [6, 6.07) is 8.98. The molecule has 6 heteroatoms. The molecular formula is C17H23N3O3. The van der Waals surface area contributed by atoms with Crippen LogP contribution < -0.4 is 10.1 Å². The lowest BCUT2D eigenvalue weighted by atomic mass is 10.1. The number of nitrogens with one attached hydrogen (secondary N) is 1. The Hall–Kier alpha value is -2.34. The third-order valence-electron chi connectivity index (χ3n) is 3.46. The highest BCUT2D eigenvalue weighted by molar-refractivity contribution is 5.94. The molecule has 124 valence electrons. The number of hydrogen-bond acceptors (Lipinski definition) is 4. The zero-order valence-electron chi connectivity index (χ0n) is 13.8. The van der Waals surface area contributed by atoms with Crippen LogP contribution in [-0.4, -0.2) is 42.6 Å². The van der Waals surface area contributed by atoms with Crippen LogP contribution in [0, 0.1) is 0 Å². The predicted octanol–water partition coefficient (Wildman–Crippen LogP) is 2.07. The minimum Gasteiger partial charge on any atom is -0.491 e. The zero-order chi connectivity index (χ0) is 16.7. The molecule has 1 N–H and O–H groups in total. The molecule has 0 aliphatic carbocycles. The van der Waals surface area contributed by atoms with Crippen LogP contribution in [0.4, 0.5) is 0 Å². The monoisotopic (exact) mass is 317 g/mol. The normalized spacial score (nSPS) is 11.3. The van der Waals surface area contributed by atoms with Crippen molar-refractivity contribution in [1.29, 1.82) is 0 Å². The molecule has 2 aromatic rings. The summed E-state index contributed by atoms with van der Waals surface area (Å²) in [5.41, 5.74) is 0.266. The van der Waals surface area contributed by atoms with Gasteiger partial charge in [-0.25, -0.2) is 0 Å². The molecule has 0 fully saturated rings. The molecule has 6 nitrogen and oxygen atoms in total. The van der Waals surface area contributed by atoms with E-state index >= 15 is 0 Å². The van der Waals surface area contributed by atoms with Gasteiger partial charge < -0.3 is 14.8 Å². The van der Waals surface area contributed by atoms with Crippen LogP contribution in [0.3, 0.4) is 0 Å². The van der Waals surface area contributed by atoms with Gasteiger partial charge in [0.25, 0.3) is 5.91 Å². The third kappa shape index (κ3) is 4.82. The second-order valence-corrected chi connectivity index (χ2v) is 5.81. The summed E-state index contributed by atoms with van der Waals surface area (Å²) in [7, 11) is 1.62. The first-order valence-corrected chi connectivity index (χ1v) is 7.53. The third-order valence-corrected chi connectivity index (χ3v) is 3.46. The fourth-order valence-corrected chi connectivity index (χ4v) is 2.08. The van der Waals surface area contributed by atoms with Gasteiger partial charge in [0.1, 0.15) is 12.4 Å². The molecule has 2 rings (SSSR count). The first-order chi connectivity index (χ1) is 11.0. The van der Waals surface area contributed by atoms with Crippen molar-refractivity contribution < 1.29 is 14.3 Å². The van der Waals surface area contributed by atoms with E-state index in [-0.39, 0.29) is 11.4 Å². The molecule has 1 aromatic carbocycles. The molecule has 1 heterocycles. The predicted molar refractivity (Wildman–Crippen MR) is 87.7 cm³/mol. The molecule has 0 bridgehead atoms. The molecular weight excluding hydrogens is 294 g/mol. The van der Waals surface area contributed by atoms with Gasteiger partial charge in [-0.2, -0.15) is 5.10 Å². The topological polar surface area (TPSA) is 65.4 Å². The molecule has 0 spiro atoms. The maximum absolute atomic E-state index is 12.3. The van der Waals surface area contributed by atoms with Crippen molar-refractivity contribution in [2.75, 3.05) is 26.9 Å². The lowest BCUT2D eigenvalue weighted by Gasteiger charge is -2.25. The summed E-state index contributed by atoms with van der Waals surface area (Å²) in [6.45, 7) is 5.47. The molecule has 0 aliphatic heterocycles. The Kier molecular flexibility index (Phi) is 5.76. The van der Waals surface area contributed by atoms with Gasteiger partial charge in [-0.15, -0.1) is 0 Å². The van der Waals surface area contributed by atoms with Gasteiger partial charge in [-0.3, -0.25) is 9.48 Å². The van der Waals surface area contributed by atoms with Gasteiger partial charge in [0.2, 0.25) is 0 Å². The largest absolute Gasteiger partial charge is 0.491 e. The number of benzene rings is 1. The Morgan fingerprint density at radius 3 is 2.83 bits per heavy atom. The average molecular weight is 317 g/mol. The number of aromatic nitrogens is 2. The summed E-state index contributed by atoms with van der Waals surface area (Å²) in [6.07, 6.45) is 3.61. The first kappa shape index (κ1) is 17.0.